The first-order valence-corrected chi connectivity index (χ1v) is 8.00. The van der Waals surface area contributed by atoms with Crippen LogP contribution in [0.15, 0.2) is 59.8 Å². The van der Waals surface area contributed by atoms with Crippen LogP contribution in [0.25, 0.3) is 11.4 Å². The molecule has 0 aliphatic carbocycles. The van der Waals surface area contributed by atoms with E-state index in [1.807, 2.05) is 30.3 Å². The van der Waals surface area contributed by atoms with Crippen LogP contribution in [-0.4, -0.2) is 27.2 Å². The molecule has 0 saturated carbocycles. The van der Waals surface area contributed by atoms with Crippen LogP contribution in [0.2, 0.25) is 0 Å². The van der Waals surface area contributed by atoms with Crippen LogP contribution < -0.4 is 10.6 Å². The lowest BCUT2D eigenvalue weighted by atomic mass is 10.2. The number of benzene rings is 2. The van der Waals surface area contributed by atoms with Crippen molar-refractivity contribution < 1.29 is 9.13 Å². The third-order valence-electron chi connectivity index (χ3n) is 3.11. The molecule has 0 aliphatic heterocycles. The lowest BCUT2D eigenvalue weighted by Crippen LogP contribution is -2.12. The number of ether oxygens (including phenoxy) is 1. The number of halogens is 1. The van der Waals surface area contributed by atoms with Crippen LogP contribution in [0.5, 0.6) is 5.75 Å². The van der Waals surface area contributed by atoms with Crippen molar-refractivity contribution in [2.24, 2.45) is 0 Å². The van der Waals surface area contributed by atoms with Crippen molar-refractivity contribution in [1.82, 2.24) is 14.9 Å². The number of thioether (sulfide) groups is 1. The first-order chi connectivity index (χ1) is 11.3. The van der Waals surface area contributed by atoms with Crippen molar-refractivity contribution in [3.8, 4) is 17.1 Å². The Labute approximate surface area is 137 Å². The number of rotatable bonds is 6. The minimum atomic E-state index is -0.370. The Morgan fingerprint density at radius 3 is 2.57 bits per heavy atom. The zero-order valence-electron chi connectivity index (χ0n) is 12.2. The topological polar surface area (TPSA) is 66.0 Å². The molecule has 118 valence electrons. The maximum absolute atomic E-state index is 13.4. The third-order valence-corrected chi connectivity index (χ3v) is 4.01. The molecular weight excluding hydrogens is 315 g/mol. The fourth-order valence-corrected chi connectivity index (χ4v) is 2.68. The smallest absolute Gasteiger partial charge is 0.210 e. The van der Waals surface area contributed by atoms with Gasteiger partial charge in [0.2, 0.25) is 5.16 Å². The predicted molar refractivity (Wildman–Crippen MR) is 88.2 cm³/mol. The van der Waals surface area contributed by atoms with Gasteiger partial charge in [0, 0.05) is 11.3 Å². The summed E-state index contributed by atoms with van der Waals surface area (Å²) in [5, 5.41) is 8.76. The highest BCUT2D eigenvalue weighted by molar-refractivity contribution is 7.99. The number of para-hydroxylation sites is 1. The number of hydrogen-bond donors (Lipinski definition) is 1. The van der Waals surface area contributed by atoms with E-state index in [0.29, 0.717) is 23.3 Å². The summed E-state index contributed by atoms with van der Waals surface area (Å²) in [5.74, 6) is 7.08. The summed E-state index contributed by atoms with van der Waals surface area (Å²) in [7, 11) is 0. The molecule has 0 amide bonds. The third kappa shape index (κ3) is 3.62. The minimum Gasteiger partial charge on any atom is -0.490 e. The molecule has 1 aromatic heterocycles. The summed E-state index contributed by atoms with van der Waals surface area (Å²) in [6, 6.07) is 15.9. The zero-order chi connectivity index (χ0) is 16.1. The maximum atomic E-state index is 13.4. The Balaban J connectivity index is 1.57. The lowest BCUT2D eigenvalue weighted by Gasteiger charge is -2.06. The van der Waals surface area contributed by atoms with Crippen LogP contribution in [0.4, 0.5) is 4.39 Å². The normalized spacial score (nSPS) is 10.7. The van der Waals surface area contributed by atoms with Gasteiger partial charge in [-0.15, -0.1) is 10.2 Å². The van der Waals surface area contributed by atoms with E-state index in [-0.39, 0.29) is 11.6 Å². The molecule has 0 bridgehead atoms. The lowest BCUT2D eigenvalue weighted by molar-refractivity contribution is 0.325. The number of nitrogens with two attached hydrogens (primary N) is 1. The summed E-state index contributed by atoms with van der Waals surface area (Å²) in [6.45, 7) is 0.346. The molecular formula is C16H15FN4OS. The molecule has 2 N–H and O–H groups in total. The molecule has 7 heteroatoms. The van der Waals surface area contributed by atoms with E-state index in [1.165, 1.54) is 22.5 Å². The van der Waals surface area contributed by atoms with Crippen LogP contribution in [0, 0.1) is 5.82 Å². The van der Waals surface area contributed by atoms with Crippen molar-refractivity contribution in [1.29, 1.82) is 0 Å². The second-order valence-electron chi connectivity index (χ2n) is 4.67. The Morgan fingerprint density at radius 2 is 1.78 bits per heavy atom. The van der Waals surface area contributed by atoms with Gasteiger partial charge in [-0.25, -0.2) is 9.07 Å². The van der Waals surface area contributed by atoms with Crippen LogP contribution in [0.3, 0.4) is 0 Å². The molecule has 1 heterocycles. The van der Waals surface area contributed by atoms with Gasteiger partial charge in [0.1, 0.15) is 0 Å². The number of nitrogen functional groups attached to an aromatic ring is 1. The monoisotopic (exact) mass is 330 g/mol. The van der Waals surface area contributed by atoms with Gasteiger partial charge < -0.3 is 10.6 Å². The van der Waals surface area contributed by atoms with E-state index in [0.717, 1.165) is 5.56 Å². The highest BCUT2D eigenvalue weighted by Crippen LogP contribution is 2.21. The van der Waals surface area contributed by atoms with Gasteiger partial charge in [-0.1, -0.05) is 54.2 Å². The van der Waals surface area contributed by atoms with Gasteiger partial charge >= 0.3 is 0 Å². The van der Waals surface area contributed by atoms with Gasteiger partial charge in [0.25, 0.3) is 0 Å². The van der Waals surface area contributed by atoms with Gasteiger partial charge in [0.05, 0.1) is 6.61 Å². The Kier molecular flexibility index (Phi) is 4.77. The minimum absolute atomic E-state index is 0.243. The molecule has 3 aromatic rings. The van der Waals surface area contributed by atoms with E-state index in [2.05, 4.69) is 10.2 Å². The summed E-state index contributed by atoms with van der Waals surface area (Å²) in [4.78, 5) is 0. The Hall–Kier alpha value is -2.54. The van der Waals surface area contributed by atoms with E-state index in [1.54, 1.807) is 18.2 Å². The molecule has 0 fully saturated rings. The van der Waals surface area contributed by atoms with E-state index < -0.39 is 0 Å². The maximum Gasteiger partial charge on any atom is 0.210 e. The molecule has 0 spiro atoms. The van der Waals surface area contributed by atoms with Crippen LogP contribution in [-0.2, 0) is 0 Å². The van der Waals surface area contributed by atoms with E-state index in [4.69, 9.17) is 10.6 Å². The summed E-state index contributed by atoms with van der Waals surface area (Å²) in [6.07, 6.45) is 0. The van der Waals surface area contributed by atoms with Crippen molar-refractivity contribution in [2.45, 2.75) is 5.16 Å². The largest absolute Gasteiger partial charge is 0.490 e. The summed E-state index contributed by atoms with van der Waals surface area (Å²) >= 11 is 1.40. The zero-order valence-corrected chi connectivity index (χ0v) is 13.0. The van der Waals surface area contributed by atoms with Gasteiger partial charge in [-0.05, 0) is 12.1 Å². The number of aromatic nitrogens is 3. The molecule has 2 aromatic carbocycles. The van der Waals surface area contributed by atoms with Gasteiger partial charge in [-0.3, -0.25) is 0 Å². The standard InChI is InChI=1S/C16H15FN4OS/c17-13-8-4-5-9-14(13)22-10-11-23-16-20-19-15(21(16)18)12-6-2-1-3-7-12/h1-9H,10-11,18H2. The van der Waals surface area contributed by atoms with Gasteiger partial charge in [0.15, 0.2) is 17.4 Å². The van der Waals surface area contributed by atoms with E-state index >= 15 is 0 Å². The first kappa shape index (κ1) is 15.4. The number of hydrogen-bond acceptors (Lipinski definition) is 5. The first-order valence-electron chi connectivity index (χ1n) is 7.02. The van der Waals surface area contributed by atoms with Crippen molar-refractivity contribution in [3.05, 3.63) is 60.4 Å². The molecule has 3 rings (SSSR count). The molecule has 0 atom stereocenters. The average Bonchev–Trinajstić information content (AvgIpc) is 2.95. The summed E-state index contributed by atoms with van der Waals surface area (Å²) in [5.41, 5.74) is 0.900. The highest BCUT2D eigenvalue weighted by atomic mass is 32.2. The molecule has 0 aliphatic rings. The van der Waals surface area contributed by atoms with E-state index in [9.17, 15) is 4.39 Å². The molecule has 0 unspecified atom stereocenters. The molecule has 0 radical (unpaired) electrons. The van der Waals surface area contributed by atoms with Crippen molar-refractivity contribution in [3.63, 3.8) is 0 Å². The number of nitrogens with zero attached hydrogens (tertiary/aromatic N) is 3. The fraction of sp³-hybridized carbons (Fsp3) is 0.125. The van der Waals surface area contributed by atoms with Crippen LogP contribution >= 0.6 is 11.8 Å². The fourth-order valence-electron chi connectivity index (χ4n) is 2.01. The molecule has 0 saturated heterocycles. The van der Waals surface area contributed by atoms with Crippen molar-refractivity contribution >= 4 is 11.8 Å². The van der Waals surface area contributed by atoms with Gasteiger partial charge in [-0.2, -0.15) is 0 Å². The summed E-state index contributed by atoms with van der Waals surface area (Å²) < 4.78 is 20.3. The SMILES string of the molecule is Nn1c(SCCOc2ccccc2F)nnc1-c1ccccc1. The average molecular weight is 330 g/mol. The van der Waals surface area contributed by atoms with Crippen molar-refractivity contribution in [2.75, 3.05) is 18.2 Å². The quantitative estimate of drug-likeness (QED) is 0.428. The second kappa shape index (κ2) is 7.15. The van der Waals surface area contributed by atoms with Crippen LogP contribution in [0.1, 0.15) is 0 Å². The second-order valence-corrected chi connectivity index (χ2v) is 5.73. The highest BCUT2D eigenvalue weighted by Gasteiger charge is 2.11. The Morgan fingerprint density at radius 1 is 1.04 bits per heavy atom. The predicted octanol–water partition coefficient (Wildman–Crippen LogP) is 2.97. The Bertz CT molecular complexity index is 779. The molecule has 5 nitrogen and oxygen atoms in total. The molecule has 23 heavy (non-hydrogen) atoms.